The molecule has 0 bridgehead atoms. The minimum Gasteiger partial charge on any atom is -0.379 e. The third-order valence-electron chi connectivity index (χ3n) is 2.18. The van der Waals surface area contributed by atoms with E-state index in [-0.39, 0.29) is 17.6 Å². The molecule has 2 atom stereocenters. The number of rotatable bonds is 4. The number of likely N-dealkylation sites (N-methyl/N-ethyl adjacent to an activating group) is 1. The number of hydrogen-bond donors (Lipinski definition) is 1. The Morgan fingerprint density at radius 2 is 2.00 bits per heavy atom. The van der Waals surface area contributed by atoms with E-state index in [9.17, 15) is 0 Å². The highest BCUT2D eigenvalue weighted by Crippen LogP contribution is 2.25. The van der Waals surface area contributed by atoms with Gasteiger partial charge in [0.15, 0.2) is 0 Å². The summed E-state index contributed by atoms with van der Waals surface area (Å²) in [6.07, 6.45) is 6.14. The van der Waals surface area contributed by atoms with Gasteiger partial charge in [-0.1, -0.05) is 20.8 Å². The first-order chi connectivity index (χ1) is 5.97. The van der Waals surface area contributed by atoms with Gasteiger partial charge in [0.2, 0.25) is 0 Å². The molecule has 0 aliphatic carbocycles. The van der Waals surface area contributed by atoms with E-state index >= 15 is 0 Å². The molecule has 0 radical (unpaired) electrons. The standard InChI is InChI=1S/C11H21NO/c1-7-8-9(12-5)10(13-6)11(2,3)4/h1,9-10,12H,8H2,2-6H3. The lowest BCUT2D eigenvalue weighted by molar-refractivity contribution is -0.00809. The lowest BCUT2D eigenvalue weighted by Gasteiger charge is -2.35. The molecular weight excluding hydrogens is 162 g/mol. The van der Waals surface area contributed by atoms with Crippen molar-refractivity contribution in [1.29, 1.82) is 0 Å². The smallest absolute Gasteiger partial charge is 0.0781 e. The summed E-state index contributed by atoms with van der Waals surface area (Å²) in [5.74, 6) is 2.66. The third kappa shape index (κ3) is 3.80. The van der Waals surface area contributed by atoms with Gasteiger partial charge in [-0.05, 0) is 12.5 Å². The molecule has 0 aromatic heterocycles. The van der Waals surface area contributed by atoms with Gasteiger partial charge in [0.25, 0.3) is 0 Å². The highest BCUT2D eigenvalue weighted by molar-refractivity contribution is 4.95. The highest BCUT2D eigenvalue weighted by Gasteiger charge is 2.30. The molecule has 0 spiro atoms. The van der Waals surface area contributed by atoms with Gasteiger partial charge in [0.1, 0.15) is 0 Å². The van der Waals surface area contributed by atoms with Crippen molar-refractivity contribution in [2.75, 3.05) is 14.2 Å². The predicted octanol–water partition coefficient (Wildman–Crippen LogP) is 1.66. The molecule has 2 heteroatoms. The molecule has 0 saturated heterocycles. The molecule has 2 nitrogen and oxygen atoms in total. The van der Waals surface area contributed by atoms with Crippen LogP contribution < -0.4 is 5.32 Å². The Labute approximate surface area is 82.1 Å². The summed E-state index contributed by atoms with van der Waals surface area (Å²) < 4.78 is 5.46. The van der Waals surface area contributed by atoms with Crippen LogP contribution in [-0.4, -0.2) is 26.3 Å². The van der Waals surface area contributed by atoms with E-state index in [2.05, 4.69) is 32.0 Å². The van der Waals surface area contributed by atoms with Crippen molar-refractivity contribution < 1.29 is 4.74 Å². The quantitative estimate of drug-likeness (QED) is 0.669. The molecule has 0 aliphatic rings. The van der Waals surface area contributed by atoms with Gasteiger partial charge in [0, 0.05) is 19.6 Å². The third-order valence-corrected chi connectivity index (χ3v) is 2.18. The first kappa shape index (κ1) is 12.5. The van der Waals surface area contributed by atoms with Crippen LogP contribution in [0.5, 0.6) is 0 Å². The molecule has 76 valence electrons. The second kappa shape index (κ2) is 5.26. The molecule has 0 rings (SSSR count). The van der Waals surface area contributed by atoms with E-state index in [1.807, 2.05) is 7.05 Å². The molecule has 0 aromatic rings. The maximum Gasteiger partial charge on any atom is 0.0781 e. The van der Waals surface area contributed by atoms with Crippen LogP contribution in [0.3, 0.4) is 0 Å². The zero-order valence-corrected chi connectivity index (χ0v) is 9.35. The molecule has 0 aromatic carbocycles. The van der Waals surface area contributed by atoms with Crippen LogP contribution in [0, 0.1) is 17.8 Å². The fourth-order valence-corrected chi connectivity index (χ4v) is 1.61. The average Bonchev–Trinajstić information content (AvgIpc) is 2.01. The van der Waals surface area contributed by atoms with Crippen LogP contribution in [0.15, 0.2) is 0 Å². The number of methoxy groups -OCH3 is 1. The average molecular weight is 183 g/mol. The Bertz CT molecular complexity index is 176. The molecule has 0 heterocycles. The lowest BCUT2D eigenvalue weighted by atomic mass is 9.83. The fourth-order valence-electron chi connectivity index (χ4n) is 1.61. The van der Waals surface area contributed by atoms with Gasteiger partial charge < -0.3 is 10.1 Å². The van der Waals surface area contributed by atoms with Crippen LogP contribution in [-0.2, 0) is 4.74 Å². The van der Waals surface area contributed by atoms with Crippen molar-refractivity contribution in [3.8, 4) is 12.3 Å². The maximum atomic E-state index is 5.46. The van der Waals surface area contributed by atoms with Gasteiger partial charge >= 0.3 is 0 Å². The Hall–Kier alpha value is -0.520. The largest absolute Gasteiger partial charge is 0.379 e. The van der Waals surface area contributed by atoms with Crippen molar-refractivity contribution in [2.45, 2.75) is 39.3 Å². The van der Waals surface area contributed by atoms with E-state index in [0.717, 1.165) is 0 Å². The van der Waals surface area contributed by atoms with Gasteiger partial charge in [-0.15, -0.1) is 12.3 Å². The first-order valence-corrected chi connectivity index (χ1v) is 4.61. The Kier molecular flexibility index (Phi) is 5.05. The van der Waals surface area contributed by atoms with Crippen LogP contribution in [0.4, 0.5) is 0 Å². The molecular formula is C11H21NO. The summed E-state index contributed by atoms with van der Waals surface area (Å²) >= 11 is 0. The molecule has 0 aliphatic heterocycles. The maximum absolute atomic E-state index is 5.46. The van der Waals surface area contributed by atoms with Crippen LogP contribution >= 0.6 is 0 Å². The molecule has 1 N–H and O–H groups in total. The minimum absolute atomic E-state index is 0.110. The normalized spacial score (nSPS) is 16.3. The second-order valence-corrected chi connectivity index (χ2v) is 4.33. The summed E-state index contributed by atoms with van der Waals surface area (Å²) in [6, 6.07) is 0.231. The van der Waals surface area contributed by atoms with Gasteiger partial charge in [-0.2, -0.15) is 0 Å². The fraction of sp³-hybridized carbons (Fsp3) is 0.818. The Balaban J connectivity index is 4.45. The zero-order valence-electron chi connectivity index (χ0n) is 9.35. The van der Waals surface area contributed by atoms with Crippen LogP contribution in [0.1, 0.15) is 27.2 Å². The van der Waals surface area contributed by atoms with E-state index in [1.165, 1.54) is 0 Å². The summed E-state index contributed by atoms with van der Waals surface area (Å²) in [4.78, 5) is 0. The number of nitrogens with one attached hydrogen (secondary N) is 1. The molecule has 0 amide bonds. The summed E-state index contributed by atoms with van der Waals surface area (Å²) in [5.41, 5.74) is 0.110. The van der Waals surface area contributed by atoms with E-state index in [4.69, 9.17) is 11.2 Å². The van der Waals surface area contributed by atoms with Gasteiger partial charge in [-0.3, -0.25) is 0 Å². The Morgan fingerprint density at radius 3 is 2.23 bits per heavy atom. The molecule has 0 fully saturated rings. The predicted molar refractivity (Wildman–Crippen MR) is 56.5 cm³/mol. The number of terminal acetylenes is 1. The summed E-state index contributed by atoms with van der Waals surface area (Å²) in [6.45, 7) is 6.46. The summed E-state index contributed by atoms with van der Waals surface area (Å²) in [7, 11) is 3.65. The summed E-state index contributed by atoms with van der Waals surface area (Å²) in [5, 5.41) is 3.19. The van der Waals surface area contributed by atoms with Crippen molar-refractivity contribution in [3.05, 3.63) is 0 Å². The number of hydrogen-bond acceptors (Lipinski definition) is 2. The SMILES string of the molecule is C#CCC(NC)C(OC)C(C)(C)C. The van der Waals surface area contributed by atoms with Crippen LogP contribution in [0.2, 0.25) is 0 Å². The Morgan fingerprint density at radius 1 is 1.46 bits per heavy atom. The van der Waals surface area contributed by atoms with Gasteiger partial charge in [-0.25, -0.2) is 0 Å². The topological polar surface area (TPSA) is 21.3 Å². The van der Waals surface area contributed by atoms with Gasteiger partial charge in [0.05, 0.1) is 6.10 Å². The van der Waals surface area contributed by atoms with E-state index in [0.29, 0.717) is 6.42 Å². The van der Waals surface area contributed by atoms with E-state index in [1.54, 1.807) is 7.11 Å². The molecule has 0 saturated carbocycles. The highest BCUT2D eigenvalue weighted by atomic mass is 16.5. The lowest BCUT2D eigenvalue weighted by Crippen LogP contribution is -2.46. The second-order valence-electron chi connectivity index (χ2n) is 4.33. The van der Waals surface area contributed by atoms with E-state index < -0.39 is 0 Å². The van der Waals surface area contributed by atoms with Crippen molar-refractivity contribution in [1.82, 2.24) is 5.32 Å². The molecule has 2 unspecified atom stereocenters. The first-order valence-electron chi connectivity index (χ1n) is 4.61. The van der Waals surface area contributed by atoms with Crippen molar-refractivity contribution in [2.24, 2.45) is 5.41 Å². The monoisotopic (exact) mass is 183 g/mol. The van der Waals surface area contributed by atoms with Crippen molar-refractivity contribution >= 4 is 0 Å². The van der Waals surface area contributed by atoms with Crippen molar-refractivity contribution in [3.63, 3.8) is 0 Å². The molecule has 13 heavy (non-hydrogen) atoms. The zero-order chi connectivity index (χ0) is 10.5. The minimum atomic E-state index is 0.110. The van der Waals surface area contributed by atoms with Crippen LogP contribution in [0.25, 0.3) is 0 Å². The number of ether oxygens (including phenoxy) is 1.